The van der Waals surface area contributed by atoms with Gasteiger partial charge in [-0.25, -0.2) is 8.42 Å². The first-order chi connectivity index (χ1) is 8.70. The molecule has 7 heteroatoms. The standard InChI is InChI=1S/C12H19N3O3S/c1-15(2)12(16)10-5-4-9(13)8-11(10)14-6-7-19(3,17)18/h4-5,8,14H,6-7,13H2,1-3H3. The number of nitrogens with zero attached hydrogens (tertiary/aromatic N) is 1. The summed E-state index contributed by atoms with van der Waals surface area (Å²) in [6, 6.07) is 4.89. The molecule has 19 heavy (non-hydrogen) atoms. The van der Waals surface area contributed by atoms with E-state index in [-0.39, 0.29) is 18.2 Å². The van der Waals surface area contributed by atoms with Crippen molar-refractivity contribution in [1.82, 2.24) is 4.90 Å². The number of nitrogens with one attached hydrogen (secondary N) is 1. The molecule has 0 bridgehead atoms. The molecule has 0 aliphatic carbocycles. The van der Waals surface area contributed by atoms with Crippen LogP contribution in [0.5, 0.6) is 0 Å². The highest BCUT2D eigenvalue weighted by atomic mass is 32.2. The van der Waals surface area contributed by atoms with E-state index in [2.05, 4.69) is 5.32 Å². The monoisotopic (exact) mass is 285 g/mol. The molecule has 0 heterocycles. The van der Waals surface area contributed by atoms with E-state index < -0.39 is 9.84 Å². The lowest BCUT2D eigenvalue weighted by Crippen LogP contribution is -2.24. The summed E-state index contributed by atoms with van der Waals surface area (Å²) in [6.07, 6.45) is 1.17. The first-order valence-corrected chi connectivity index (χ1v) is 7.79. The van der Waals surface area contributed by atoms with Gasteiger partial charge in [0.25, 0.3) is 5.91 Å². The lowest BCUT2D eigenvalue weighted by molar-refractivity contribution is 0.0828. The number of hydrogen-bond acceptors (Lipinski definition) is 5. The second-order valence-corrected chi connectivity index (χ2v) is 6.82. The molecule has 0 saturated heterocycles. The van der Waals surface area contributed by atoms with Gasteiger partial charge in [-0.1, -0.05) is 0 Å². The maximum absolute atomic E-state index is 12.0. The van der Waals surface area contributed by atoms with E-state index in [4.69, 9.17) is 5.73 Å². The number of rotatable bonds is 5. The van der Waals surface area contributed by atoms with Crippen LogP contribution in [-0.4, -0.2) is 51.9 Å². The molecular formula is C12H19N3O3S. The minimum absolute atomic E-state index is 0.00259. The normalized spacial score (nSPS) is 11.1. The Bertz CT molecular complexity index is 568. The van der Waals surface area contributed by atoms with E-state index >= 15 is 0 Å². The number of carbonyl (C=O) groups excluding carboxylic acids is 1. The van der Waals surface area contributed by atoms with Crippen molar-refractivity contribution >= 4 is 27.1 Å². The number of benzene rings is 1. The zero-order valence-electron chi connectivity index (χ0n) is 11.3. The van der Waals surface area contributed by atoms with Gasteiger partial charge in [-0.15, -0.1) is 0 Å². The molecule has 0 atom stereocenters. The largest absolute Gasteiger partial charge is 0.399 e. The average Bonchev–Trinajstić information content (AvgIpc) is 2.26. The van der Waals surface area contributed by atoms with E-state index in [1.807, 2.05) is 0 Å². The van der Waals surface area contributed by atoms with Crippen molar-refractivity contribution in [2.75, 3.05) is 43.7 Å². The summed E-state index contributed by atoms with van der Waals surface area (Å²) in [5.74, 6) is -0.168. The van der Waals surface area contributed by atoms with Gasteiger partial charge in [-0.3, -0.25) is 4.79 Å². The van der Waals surface area contributed by atoms with Crippen LogP contribution in [0.25, 0.3) is 0 Å². The van der Waals surface area contributed by atoms with Gasteiger partial charge >= 0.3 is 0 Å². The molecule has 0 radical (unpaired) electrons. The van der Waals surface area contributed by atoms with Gasteiger partial charge in [0.05, 0.1) is 11.3 Å². The fourth-order valence-corrected chi connectivity index (χ4v) is 1.98. The Hall–Kier alpha value is -1.76. The molecule has 0 aliphatic heterocycles. The van der Waals surface area contributed by atoms with Crippen molar-refractivity contribution < 1.29 is 13.2 Å². The van der Waals surface area contributed by atoms with Gasteiger partial charge in [0.15, 0.2) is 0 Å². The Morgan fingerprint density at radius 1 is 1.37 bits per heavy atom. The second kappa shape index (κ2) is 5.92. The van der Waals surface area contributed by atoms with Crippen molar-refractivity contribution in [3.63, 3.8) is 0 Å². The third-order valence-corrected chi connectivity index (χ3v) is 3.41. The number of nitrogens with two attached hydrogens (primary N) is 1. The molecule has 0 aromatic heterocycles. The van der Waals surface area contributed by atoms with E-state index in [1.165, 1.54) is 11.2 Å². The van der Waals surface area contributed by atoms with Crippen molar-refractivity contribution in [2.45, 2.75) is 0 Å². The number of nitrogen functional groups attached to an aromatic ring is 1. The zero-order valence-corrected chi connectivity index (χ0v) is 12.1. The summed E-state index contributed by atoms with van der Waals surface area (Å²) < 4.78 is 22.2. The van der Waals surface area contributed by atoms with Crippen LogP contribution in [0.15, 0.2) is 18.2 Å². The van der Waals surface area contributed by atoms with Gasteiger partial charge in [-0.05, 0) is 18.2 Å². The molecule has 1 aromatic carbocycles. The van der Waals surface area contributed by atoms with Crippen molar-refractivity contribution in [3.05, 3.63) is 23.8 Å². The minimum atomic E-state index is -3.04. The van der Waals surface area contributed by atoms with Gasteiger partial charge in [0.1, 0.15) is 9.84 Å². The van der Waals surface area contributed by atoms with Crippen molar-refractivity contribution in [2.24, 2.45) is 0 Å². The molecule has 1 rings (SSSR count). The molecule has 0 spiro atoms. The van der Waals surface area contributed by atoms with Crippen LogP contribution < -0.4 is 11.1 Å². The fraction of sp³-hybridized carbons (Fsp3) is 0.417. The quantitative estimate of drug-likeness (QED) is 0.765. The van der Waals surface area contributed by atoms with Crippen LogP contribution in [0.3, 0.4) is 0 Å². The van der Waals surface area contributed by atoms with Gasteiger partial charge in [0, 0.05) is 38.3 Å². The van der Waals surface area contributed by atoms with E-state index in [1.54, 1.807) is 32.3 Å². The summed E-state index contributed by atoms with van der Waals surface area (Å²) in [6.45, 7) is 0.232. The number of carbonyl (C=O) groups is 1. The molecule has 0 unspecified atom stereocenters. The molecule has 3 N–H and O–H groups in total. The highest BCUT2D eigenvalue weighted by Gasteiger charge is 2.13. The van der Waals surface area contributed by atoms with Gasteiger partial charge in [0.2, 0.25) is 0 Å². The van der Waals surface area contributed by atoms with Crippen molar-refractivity contribution in [1.29, 1.82) is 0 Å². The smallest absolute Gasteiger partial charge is 0.255 e. The Kier molecular flexibility index (Phi) is 4.77. The Labute approximate surface area is 113 Å². The number of anilines is 2. The zero-order chi connectivity index (χ0) is 14.6. The minimum Gasteiger partial charge on any atom is -0.399 e. The topological polar surface area (TPSA) is 92.5 Å². The molecule has 0 fully saturated rings. The third-order valence-electron chi connectivity index (χ3n) is 2.47. The number of amides is 1. The maximum atomic E-state index is 12.0. The molecule has 1 amide bonds. The van der Waals surface area contributed by atoms with Crippen LogP contribution in [0, 0.1) is 0 Å². The molecule has 1 aromatic rings. The Balaban J connectivity index is 2.92. The summed E-state index contributed by atoms with van der Waals surface area (Å²) >= 11 is 0. The first kappa shape index (κ1) is 15.3. The summed E-state index contributed by atoms with van der Waals surface area (Å²) in [7, 11) is 0.261. The highest BCUT2D eigenvalue weighted by molar-refractivity contribution is 7.90. The first-order valence-electron chi connectivity index (χ1n) is 5.73. The van der Waals surface area contributed by atoms with Crippen LogP contribution >= 0.6 is 0 Å². The molecular weight excluding hydrogens is 266 g/mol. The summed E-state index contributed by atoms with van der Waals surface area (Å²) in [4.78, 5) is 13.4. The van der Waals surface area contributed by atoms with Crippen molar-refractivity contribution in [3.8, 4) is 0 Å². The molecule has 0 saturated carbocycles. The Morgan fingerprint density at radius 3 is 2.53 bits per heavy atom. The lowest BCUT2D eigenvalue weighted by Gasteiger charge is -2.15. The summed E-state index contributed by atoms with van der Waals surface area (Å²) in [5.41, 5.74) is 7.20. The van der Waals surface area contributed by atoms with E-state index in [0.29, 0.717) is 16.9 Å². The molecule has 6 nitrogen and oxygen atoms in total. The second-order valence-electron chi connectivity index (χ2n) is 4.56. The average molecular weight is 285 g/mol. The van der Waals surface area contributed by atoms with E-state index in [9.17, 15) is 13.2 Å². The lowest BCUT2D eigenvalue weighted by atomic mass is 10.1. The maximum Gasteiger partial charge on any atom is 0.255 e. The van der Waals surface area contributed by atoms with Crippen LogP contribution in [0.2, 0.25) is 0 Å². The predicted octanol–water partition coefficient (Wildman–Crippen LogP) is 0.427. The number of sulfone groups is 1. The Morgan fingerprint density at radius 2 is 2.00 bits per heavy atom. The third kappa shape index (κ3) is 4.78. The number of hydrogen-bond donors (Lipinski definition) is 2. The summed E-state index contributed by atoms with van der Waals surface area (Å²) in [5, 5.41) is 2.94. The van der Waals surface area contributed by atoms with Gasteiger partial charge in [-0.2, -0.15) is 0 Å². The molecule has 0 aliphatic rings. The highest BCUT2D eigenvalue weighted by Crippen LogP contribution is 2.20. The van der Waals surface area contributed by atoms with E-state index in [0.717, 1.165) is 0 Å². The predicted molar refractivity (Wildman–Crippen MR) is 77.1 cm³/mol. The van der Waals surface area contributed by atoms with Crippen LogP contribution in [0.1, 0.15) is 10.4 Å². The van der Waals surface area contributed by atoms with Gasteiger partial charge < -0.3 is 16.0 Å². The van der Waals surface area contributed by atoms with Crippen LogP contribution in [-0.2, 0) is 9.84 Å². The molecule has 106 valence electrons. The SMILES string of the molecule is CN(C)C(=O)c1ccc(N)cc1NCCS(C)(=O)=O. The fourth-order valence-electron chi connectivity index (χ4n) is 1.51. The van der Waals surface area contributed by atoms with Crippen LogP contribution in [0.4, 0.5) is 11.4 Å².